The van der Waals surface area contributed by atoms with Crippen LogP contribution >= 0.6 is 43.5 Å². The fourth-order valence-corrected chi connectivity index (χ4v) is 4.31. The Morgan fingerprint density at radius 3 is 2.52 bits per heavy atom. The minimum atomic E-state index is -0.706. The van der Waals surface area contributed by atoms with Crippen LogP contribution in [-0.4, -0.2) is 39.5 Å². The molecule has 0 saturated heterocycles. The summed E-state index contributed by atoms with van der Waals surface area (Å²) in [6, 6.07) is 8.02. The zero-order chi connectivity index (χ0) is 22.9. The molecule has 0 aliphatic rings. The average Bonchev–Trinajstić information content (AvgIpc) is 3.10. The predicted molar refractivity (Wildman–Crippen MR) is 124 cm³/mol. The number of hydrogen-bond donors (Lipinski definition) is 1. The minimum absolute atomic E-state index is 0.0259. The fraction of sp³-hybridized carbons (Fsp3) is 0.150. The molecule has 0 unspecified atom stereocenters. The summed E-state index contributed by atoms with van der Waals surface area (Å²) in [7, 11) is 1.47. The number of carbonyl (C=O) groups is 3. The van der Waals surface area contributed by atoms with E-state index in [0.29, 0.717) is 9.08 Å². The summed E-state index contributed by atoms with van der Waals surface area (Å²) in [4.78, 5) is 43.9. The molecule has 1 N–H and O–H groups in total. The molecule has 0 atom stereocenters. The third-order valence-electron chi connectivity index (χ3n) is 4.26. The Balaban J connectivity index is 2.23. The van der Waals surface area contributed by atoms with Crippen LogP contribution in [0.25, 0.3) is 5.82 Å². The number of anilines is 1. The minimum Gasteiger partial charge on any atom is -0.355 e. The van der Waals surface area contributed by atoms with Crippen molar-refractivity contribution in [3.8, 4) is 5.82 Å². The zero-order valence-electron chi connectivity index (χ0n) is 16.6. The second-order valence-electron chi connectivity index (χ2n) is 6.45. The van der Waals surface area contributed by atoms with Gasteiger partial charge in [0.05, 0.1) is 16.3 Å². The molecule has 0 radical (unpaired) electrons. The Bertz CT molecular complexity index is 1210. The van der Waals surface area contributed by atoms with E-state index in [1.807, 2.05) is 0 Å². The molecule has 0 spiro atoms. The van der Waals surface area contributed by atoms with Crippen molar-refractivity contribution in [2.24, 2.45) is 0 Å². The molecule has 1 aromatic carbocycles. The van der Waals surface area contributed by atoms with Gasteiger partial charge in [0, 0.05) is 30.7 Å². The fourth-order valence-electron chi connectivity index (χ4n) is 2.99. The van der Waals surface area contributed by atoms with E-state index in [-0.39, 0.29) is 27.8 Å². The topological polar surface area (TPSA) is 97.2 Å². The number of rotatable bonds is 4. The van der Waals surface area contributed by atoms with Gasteiger partial charge in [-0.25, -0.2) is 14.6 Å². The number of aryl methyl sites for hydroxylation is 1. The number of nitrogens with one attached hydrogen (secondary N) is 1. The first-order valence-corrected chi connectivity index (χ1v) is 10.9. The highest BCUT2D eigenvalue weighted by Gasteiger charge is 2.31. The Labute approximate surface area is 199 Å². The molecular weight excluding hydrogens is 554 g/mol. The zero-order valence-corrected chi connectivity index (χ0v) is 20.5. The van der Waals surface area contributed by atoms with Gasteiger partial charge in [0.1, 0.15) is 10.3 Å². The van der Waals surface area contributed by atoms with E-state index in [1.165, 1.54) is 30.9 Å². The highest BCUT2D eigenvalue weighted by atomic mass is 79.9. The Hall–Kier alpha value is -2.56. The maximum Gasteiger partial charge on any atom is 0.283 e. The lowest BCUT2D eigenvalue weighted by Gasteiger charge is -2.24. The summed E-state index contributed by atoms with van der Waals surface area (Å²) in [5.41, 5.74) is 1.09. The largest absolute Gasteiger partial charge is 0.355 e. The highest BCUT2D eigenvalue weighted by Crippen LogP contribution is 2.34. The van der Waals surface area contributed by atoms with Crippen LogP contribution in [0, 0.1) is 6.92 Å². The van der Waals surface area contributed by atoms with Crippen molar-refractivity contribution in [2.45, 2.75) is 13.8 Å². The van der Waals surface area contributed by atoms with E-state index >= 15 is 0 Å². The molecule has 2 heterocycles. The lowest BCUT2D eigenvalue weighted by molar-refractivity contribution is -0.116. The average molecular weight is 570 g/mol. The summed E-state index contributed by atoms with van der Waals surface area (Å²) in [5.74, 6) is -1.52. The van der Waals surface area contributed by atoms with Crippen molar-refractivity contribution in [2.75, 3.05) is 11.9 Å². The molecule has 3 aromatic rings. The number of hydrogen-bond acceptors (Lipinski definition) is 5. The quantitative estimate of drug-likeness (QED) is 0.505. The molecule has 31 heavy (non-hydrogen) atoms. The van der Waals surface area contributed by atoms with E-state index in [1.54, 1.807) is 31.2 Å². The van der Waals surface area contributed by atoms with Gasteiger partial charge in [-0.2, -0.15) is 5.10 Å². The first-order valence-electron chi connectivity index (χ1n) is 8.89. The molecule has 0 aliphatic heterocycles. The van der Waals surface area contributed by atoms with Crippen molar-refractivity contribution in [3.05, 3.63) is 67.4 Å². The Kier molecular flexibility index (Phi) is 6.93. The van der Waals surface area contributed by atoms with Gasteiger partial charge in [0.25, 0.3) is 11.8 Å². The molecule has 0 saturated carbocycles. The molecule has 8 nitrogen and oxygen atoms in total. The molecule has 11 heteroatoms. The number of pyridine rings is 1. The summed E-state index contributed by atoms with van der Waals surface area (Å²) >= 11 is 12.9. The normalized spacial score (nSPS) is 10.6. The number of amides is 3. The van der Waals surface area contributed by atoms with E-state index in [2.05, 4.69) is 47.3 Å². The standard InChI is InChI=1S/C20H16Br2ClN5O3/c1-10-7-12(19(30)24-3)17(13(21)8-10)27(11(2)29)20(31)15-9-16(22)26-28(15)18-14(23)5-4-6-25-18/h4-9H,1-3H3,(H,24,30). The third kappa shape index (κ3) is 4.56. The van der Waals surface area contributed by atoms with Gasteiger partial charge in [0.2, 0.25) is 5.91 Å². The predicted octanol–water partition coefficient (Wildman–Crippen LogP) is 4.31. The van der Waals surface area contributed by atoms with Crippen LogP contribution in [0.4, 0.5) is 5.69 Å². The van der Waals surface area contributed by atoms with Crippen LogP contribution in [0.5, 0.6) is 0 Å². The van der Waals surface area contributed by atoms with Crippen molar-refractivity contribution in [1.29, 1.82) is 0 Å². The molecule has 3 amide bonds. The molecule has 0 aliphatic carbocycles. The van der Waals surface area contributed by atoms with Crippen molar-refractivity contribution >= 4 is 66.9 Å². The number of halogens is 3. The second kappa shape index (κ2) is 9.29. The molecule has 160 valence electrons. The summed E-state index contributed by atoms with van der Waals surface area (Å²) in [5, 5.41) is 7.05. The smallest absolute Gasteiger partial charge is 0.283 e. The lowest BCUT2D eigenvalue weighted by atomic mass is 10.1. The van der Waals surface area contributed by atoms with E-state index in [9.17, 15) is 14.4 Å². The molecular formula is C20H16Br2ClN5O3. The molecule has 0 fully saturated rings. The summed E-state index contributed by atoms with van der Waals surface area (Å²) in [6.45, 7) is 3.04. The Morgan fingerprint density at radius 2 is 1.90 bits per heavy atom. The maximum absolute atomic E-state index is 13.6. The number of nitrogens with zero attached hydrogens (tertiary/aromatic N) is 4. The summed E-state index contributed by atoms with van der Waals surface area (Å²) in [6.07, 6.45) is 1.51. The first kappa shape index (κ1) is 23.1. The molecule has 0 bridgehead atoms. The third-order valence-corrected chi connectivity index (χ3v) is 5.55. The number of imide groups is 1. The molecule has 2 aromatic heterocycles. The van der Waals surface area contributed by atoms with Crippen molar-refractivity contribution in [3.63, 3.8) is 0 Å². The van der Waals surface area contributed by atoms with Crippen LogP contribution in [0.15, 0.2) is 45.6 Å². The van der Waals surface area contributed by atoms with E-state index in [4.69, 9.17) is 11.6 Å². The van der Waals surface area contributed by atoms with Crippen LogP contribution < -0.4 is 10.2 Å². The van der Waals surface area contributed by atoms with Gasteiger partial charge in [-0.3, -0.25) is 14.4 Å². The van der Waals surface area contributed by atoms with Crippen LogP contribution in [0.3, 0.4) is 0 Å². The number of benzene rings is 1. The number of aromatic nitrogens is 3. The summed E-state index contributed by atoms with van der Waals surface area (Å²) < 4.78 is 2.00. The van der Waals surface area contributed by atoms with E-state index in [0.717, 1.165) is 10.5 Å². The van der Waals surface area contributed by atoms with Gasteiger partial charge in [0.15, 0.2) is 5.82 Å². The monoisotopic (exact) mass is 567 g/mol. The SMILES string of the molecule is CNC(=O)c1cc(C)cc(Br)c1N(C(C)=O)C(=O)c1cc(Br)nn1-c1ncccc1Cl. The van der Waals surface area contributed by atoms with Crippen molar-refractivity contribution in [1.82, 2.24) is 20.1 Å². The lowest BCUT2D eigenvalue weighted by Crippen LogP contribution is -2.38. The van der Waals surface area contributed by atoms with Crippen LogP contribution in [-0.2, 0) is 4.79 Å². The second-order valence-corrected chi connectivity index (χ2v) is 8.53. The molecule has 3 rings (SSSR count). The maximum atomic E-state index is 13.6. The van der Waals surface area contributed by atoms with Crippen LogP contribution in [0.1, 0.15) is 33.3 Å². The Morgan fingerprint density at radius 1 is 1.19 bits per heavy atom. The van der Waals surface area contributed by atoms with E-state index < -0.39 is 17.7 Å². The van der Waals surface area contributed by atoms with Crippen LogP contribution in [0.2, 0.25) is 5.02 Å². The van der Waals surface area contributed by atoms with Gasteiger partial charge < -0.3 is 5.32 Å². The highest BCUT2D eigenvalue weighted by molar-refractivity contribution is 9.10. The first-order chi connectivity index (χ1) is 14.6. The van der Waals surface area contributed by atoms with Gasteiger partial charge in [-0.05, 0) is 68.6 Å². The van der Waals surface area contributed by atoms with Gasteiger partial charge >= 0.3 is 0 Å². The number of carbonyl (C=O) groups excluding carboxylic acids is 3. The van der Waals surface area contributed by atoms with Crippen molar-refractivity contribution < 1.29 is 14.4 Å². The van der Waals surface area contributed by atoms with Gasteiger partial charge in [-0.1, -0.05) is 11.6 Å². The van der Waals surface area contributed by atoms with Gasteiger partial charge in [-0.15, -0.1) is 0 Å².